The van der Waals surface area contributed by atoms with Crippen LogP contribution < -0.4 is 0 Å². The molecule has 1 N–H and O–H groups in total. The average molecular weight is 223 g/mol. The highest BCUT2D eigenvalue weighted by Crippen LogP contribution is 2.49. The summed E-state index contributed by atoms with van der Waals surface area (Å²) in [5.74, 6) is -1.47. The Labute approximate surface area is 92.4 Å². The van der Waals surface area contributed by atoms with Crippen LogP contribution in [-0.4, -0.2) is 33.8 Å². The summed E-state index contributed by atoms with van der Waals surface area (Å²) in [6, 6.07) is -0.158. The number of hydrogen-bond donors (Lipinski definition) is 1. The van der Waals surface area contributed by atoms with E-state index in [0.29, 0.717) is 25.7 Å². The van der Waals surface area contributed by atoms with Gasteiger partial charge in [-0.2, -0.15) is 0 Å². The van der Waals surface area contributed by atoms with Gasteiger partial charge in [0.05, 0.1) is 17.8 Å². The summed E-state index contributed by atoms with van der Waals surface area (Å²) in [7, 11) is 0. The van der Waals surface area contributed by atoms with Crippen LogP contribution in [0.4, 0.5) is 0 Å². The molecule has 4 atom stereocenters. The molecular weight excluding hydrogens is 210 g/mol. The molecule has 0 radical (unpaired) electrons. The van der Waals surface area contributed by atoms with Gasteiger partial charge in [-0.1, -0.05) is 0 Å². The molecule has 2 saturated carbocycles. The number of imide groups is 1. The SMILES string of the molecule is O=C(O)C1CCC(N2C(=O)C3CC3C2=O)C1. The minimum atomic E-state index is -0.813. The van der Waals surface area contributed by atoms with Crippen molar-refractivity contribution in [3.63, 3.8) is 0 Å². The van der Waals surface area contributed by atoms with E-state index in [1.54, 1.807) is 0 Å². The normalized spacial score (nSPS) is 41.4. The molecule has 3 rings (SSSR count). The van der Waals surface area contributed by atoms with Crippen molar-refractivity contribution in [3.8, 4) is 0 Å². The molecule has 2 amide bonds. The maximum absolute atomic E-state index is 11.8. The molecule has 2 aliphatic carbocycles. The monoisotopic (exact) mass is 223 g/mol. The molecule has 1 aliphatic heterocycles. The second-order valence-electron chi connectivity index (χ2n) is 5.00. The Morgan fingerprint density at radius 1 is 1.12 bits per heavy atom. The Hall–Kier alpha value is -1.39. The first-order valence-corrected chi connectivity index (χ1v) is 5.69. The third kappa shape index (κ3) is 1.20. The van der Waals surface area contributed by atoms with Gasteiger partial charge in [-0.15, -0.1) is 0 Å². The fourth-order valence-corrected chi connectivity index (χ4v) is 2.98. The van der Waals surface area contributed by atoms with Crippen LogP contribution in [0, 0.1) is 17.8 Å². The Balaban J connectivity index is 1.73. The number of rotatable bonds is 2. The van der Waals surface area contributed by atoms with E-state index in [2.05, 4.69) is 0 Å². The van der Waals surface area contributed by atoms with Gasteiger partial charge in [0, 0.05) is 6.04 Å². The quantitative estimate of drug-likeness (QED) is 0.681. The van der Waals surface area contributed by atoms with Crippen molar-refractivity contribution in [3.05, 3.63) is 0 Å². The molecule has 0 spiro atoms. The lowest BCUT2D eigenvalue weighted by molar-refractivity contribution is -0.146. The minimum absolute atomic E-state index is 0.0639. The van der Waals surface area contributed by atoms with Crippen molar-refractivity contribution in [2.75, 3.05) is 0 Å². The van der Waals surface area contributed by atoms with Crippen molar-refractivity contribution in [2.24, 2.45) is 17.8 Å². The van der Waals surface area contributed by atoms with Crippen LogP contribution in [0.2, 0.25) is 0 Å². The summed E-state index contributed by atoms with van der Waals surface area (Å²) >= 11 is 0. The Morgan fingerprint density at radius 3 is 2.25 bits per heavy atom. The van der Waals surface area contributed by atoms with Gasteiger partial charge in [0.25, 0.3) is 0 Å². The lowest BCUT2D eigenvalue weighted by atomic mass is 10.1. The molecule has 4 unspecified atom stereocenters. The number of nitrogens with zero attached hydrogens (tertiary/aromatic N) is 1. The van der Waals surface area contributed by atoms with Gasteiger partial charge in [0.1, 0.15) is 0 Å². The number of carboxylic acid groups (broad SMARTS) is 1. The molecule has 5 nitrogen and oxygen atoms in total. The number of aliphatic carboxylic acids is 1. The molecule has 86 valence electrons. The fourth-order valence-electron chi connectivity index (χ4n) is 2.98. The Bertz CT molecular complexity index is 371. The van der Waals surface area contributed by atoms with Gasteiger partial charge in [0.2, 0.25) is 11.8 Å². The van der Waals surface area contributed by atoms with Crippen LogP contribution in [0.25, 0.3) is 0 Å². The van der Waals surface area contributed by atoms with Crippen molar-refractivity contribution in [1.82, 2.24) is 4.90 Å². The van der Waals surface area contributed by atoms with Gasteiger partial charge in [-0.25, -0.2) is 0 Å². The molecule has 5 heteroatoms. The molecule has 0 bridgehead atoms. The first kappa shape index (κ1) is 9.81. The van der Waals surface area contributed by atoms with E-state index in [1.807, 2.05) is 0 Å². The number of carboxylic acids is 1. The number of carbonyl (C=O) groups excluding carboxylic acids is 2. The molecule has 0 aromatic heterocycles. The van der Waals surface area contributed by atoms with E-state index in [0.717, 1.165) is 0 Å². The summed E-state index contributed by atoms with van der Waals surface area (Å²) in [6.45, 7) is 0. The number of fused-ring (bicyclic) bond motifs is 1. The van der Waals surface area contributed by atoms with Gasteiger partial charge >= 0.3 is 5.97 Å². The average Bonchev–Trinajstić information content (AvgIpc) is 2.82. The highest BCUT2D eigenvalue weighted by atomic mass is 16.4. The van der Waals surface area contributed by atoms with Crippen LogP contribution >= 0.6 is 0 Å². The molecule has 3 aliphatic rings. The van der Waals surface area contributed by atoms with Gasteiger partial charge in [-0.3, -0.25) is 19.3 Å². The highest BCUT2D eigenvalue weighted by molar-refractivity contribution is 6.09. The summed E-state index contributed by atoms with van der Waals surface area (Å²) in [4.78, 5) is 35.7. The van der Waals surface area contributed by atoms with Crippen LogP contribution in [0.5, 0.6) is 0 Å². The van der Waals surface area contributed by atoms with Crippen molar-refractivity contribution in [1.29, 1.82) is 0 Å². The highest BCUT2D eigenvalue weighted by Gasteiger charge is 2.60. The first-order chi connectivity index (χ1) is 7.59. The number of amides is 2. The van der Waals surface area contributed by atoms with E-state index in [9.17, 15) is 14.4 Å². The Morgan fingerprint density at radius 2 is 1.75 bits per heavy atom. The third-order valence-electron chi connectivity index (χ3n) is 4.02. The standard InChI is InChI=1S/C11H13NO4/c13-9-7-4-8(7)10(14)12(9)6-2-1-5(3-6)11(15)16/h5-8H,1-4H2,(H,15,16). The van der Waals surface area contributed by atoms with Crippen LogP contribution in [0.15, 0.2) is 0 Å². The number of piperidine rings is 1. The second-order valence-corrected chi connectivity index (χ2v) is 5.00. The summed E-state index contributed by atoms with van der Waals surface area (Å²) in [6.07, 6.45) is 2.37. The van der Waals surface area contributed by atoms with Crippen LogP contribution in [-0.2, 0) is 14.4 Å². The molecule has 1 saturated heterocycles. The van der Waals surface area contributed by atoms with E-state index in [4.69, 9.17) is 5.11 Å². The second kappa shape index (κ2) is 3.06. The lowest BCUT2D eigenvalue weighted by Crippen LogP contribution is -2.40. The molecule has 16 heavy (non-hydrogen) atoms. The topological polar surface area (TPSA) is 74.7 Å². The summed E-state index contributed by atoms with van der Waals surface area (Å²) in [5, 5.41) is 8.88. The van der Waals surface area contributed by atoms with Gasteiger partial charge < -0.3 is 5.11 Å². The van der Waals surface area contributed by atoms with Crippen molar-refractivity contribution < 1.29 is 19.5 Å². The number of carbonyl (C=O) groups is 3. The predicted molar refractivity (Wildman–Crippen MR) is 52.2 cm³/mol. The van der Waals surface area contributed by atoms with Crippen molar-refractivity contribution >= 4 is 17.8 Å². The summed E-state index contributed by atoms with van der Waals surface area (Å²) < 4.78 is 0. The molecule has 0 aromatic carbocycles. The van der Waals surface area contributed by atoms with E-state index in [-0.39, 0.29) is 35.6 Å². The maximum atomic E-state index is 11.8. The van der Waals surface area contributed by atoms with E-state index >= 15 is 0 Å². The smallest absolute Gasteiger partial charge is 0.306 e. The summed E-state index contributed by atoms with van der Waals surface area (Å²) in [5.41, 5.74) is 0. The molecule has 0 aromatic rings. The number of hydrogen-bond acceptors (Lipinski definition) is 3. The fraction of sp³-hybridized carbons (Fsp3) is 0.727. The zero-order chi connectivity index (χ0) is 11.4. The van der Waals surface area contributed by atoms with Gasteiger partial charge in [-0.05, 0) is 25.7 Å². The third-order valence-corrected chi connectivity index (χ3v) is 4.02. The van der Waals surface area contributed by atoms with Crippen LogP contribution in [0.3, 0.4) is 0 Å². The largest absolute Gasteiger partial charge is 0.481 e. The molecule has 3 fully saturated rings. The Kier molecular flexibility index (Phi) is 1.87. The first-order valence-electron chi connectivity index (χ1n) is 5.69. The lowest BCUT2D eigenvalue weighted by Gasteiger charge is -2.23. The molecule has 1 heterocycles. The predicted octanol–water partition coefficient (Wildman–Crippen LogP) is 0.245. The van der Waals surface area contributed by atoms with E-state index in [1.165, 1.54) is 4.90 Å². The number of likely N-dealkylation sites (tertiary alicyclic amines) is 1. The van der Waals surface area contributed by atoms with Crippen LogP contribution in [0.1, 0.15) is 25.7 Å². The zero-order valence-electron chi connectivity index (χ0n) is 8.76. The van der Waals surface area contributed by atoms with Gasteiger partial charge in [0.15, 0.2) is 0 Å². The van der Waals surface area contributed by atoms with E-state index < -0.39 is 5.97 Å². The minimum Gasteiger partial charge on any atom is -0.481 e. The molecular formula is C11H13NO4. The maximum Gasteiger partial charge on any atom is 0.306 e. The van der Waals surface area contributed by atoms with Crippen molar-refractivity contribution in [2.45, 2.75) is 31.7 Å². The zero-order valence-corrected chi connectivity index (χ0v) is 8.76.